The molecule has 2 aromatic heterocycles. The highest BCUT2D eigenvalue weighted by atomic mass is 79.9. The molecule has 3 nitrogen and oxygen atoms in total. The van der Waals surface area contributed by atoms with Crippen LogP contribution in [-0.4, -0.2) is 22.0 Å². The van der Waals surface area contributed by atoms with Gasteiger partial charge in [0, 0.05) is 29.5 Å². The van der Waals surface area contributed by atoms with Crippen molar-refractivity contribution in [3.63, 3.8) is 0 Å². The van der Waals surface area contributed by atoms with Gasteiger partial charge < -0.3 is 4.90 Å². The lowest BCUT2D eigenvalue weighted by molar-refractivity contribution is 0.242. The van der Waals surface area contributed by atoms with Gasteiger partial charge in [-0.2, -0.15) is 0 Å². The molecule has 2 fully saturated rings. The third-order valence-corrected chi connectivity index (χ3v) is 6.27. The molecular weight excluding hydrogens is 334 g/mol. The molecule has 0 unspecified atom stereocenters. The van der Waals surface area contributed by atoms with E-state index in [2.05, 4.69) is 36.8 Å². The van der Waals surface area contributed by atoms with E-state index in [4.69, 9.17) is 4.98 Å². The van der Waals surface area contributed by atoms with Gasteiger partial charge in [-0.05, 0) is 31.6 Å². The van der Waals surface area contributed by atoms with Gasteiger partial charge in [0.1, 0.15) is 0 Å². The molecule has 0 aromatic carbocycles. The minimum absolute atomic E-state index is 0.736. The lowest BCUT2D eigenvalue weighted by atomic mass is 9.78. The number of rotatable bonds is 2. The summed E-state index contributed by atoms with van der Waals surface area (Å²) in [7, 11) is 0. The van der Waals surface area contributed by atoms with Gasteiger partial charge in [-0.25, -0.2) is 4.98 Å². The Bertz CT molecular complexity index is 603. The number of imidazole rings is 1. The molecule has 2 aliphatic rings. The Labute approximate surface area is 132 Å². The first-order valence-corrected chi connectivity index (χ1v) is 9.65. The van der Waals surface area contributed by atoms with Crippen LogP contribution < -0.4 is 4.90 Å². The molecule has 0 N–H and O–H groups in total. The van der Waals surface area contributed by atoms with Crippen molar-refractivity contribution in [2.75, 3.05) is 11.4 Å². The van der Waals surface area contributed by atoms with Crippen molar-refractivity contribution >= 4 is 38.0 Å². The van der Waals surface area contributed by atoms with Crippen LogP contribution in [0.25, 0.3) is 4.96 Å². The molecule has 2 aromatic rings. The summed E-state index contributed by atoms with van der Waals surface area (Å²) < 4.78 is 2.25. The molecule has 1 aliphatic heterocycles. The van der Waals surface area contributed by atoms with E-state index in [0.29, 0.717) is 0 Å². The summed E-state index contributed by atoms with van der Waals surface area (Å²) in [6, 6.07) is 0.736. The van der Waals surface area contributed by atoms with Gasteiger partial charge in [-0.15, -0.1) is 11.3 Å². The van der Waals surface area contributed by atoms with Gasteiger partial charge in [0.25, 0.3) is 0 Å². The maximum absolute atomic E-state index is 4.94. The van der Waals surface area contributed by atoms with Crippen LogP contribution in [0, 0.1) is 5.92 Å². The monoisotopic (exact) mass is 353 g/mol. The van der Waals surface area contributed by atoms with Gasteiger partial charge in [-0.3, -0.25) is 4.40 Å². The van der Waals surface area contributed by atoms with Crippen LogP contribution in [0.2, 0.25) is 0 Å². The van der Waals surface area contributed by atoms with Crippen LogP contribution >= 0.6 is 27.3 Å². The smallest absolute Gasteiger partial charge is 0.195 e. The Morgan fingerprint density at radius 3 is 3.00 bits per heavy atom. The van der Waals surface area contributed by atoms with Crippen LogP contribution in [-0.2, 0) is 5.33 Å². The highest BCUT2D eigenvalue weighted by molar-refractivity contribution is 9.08. The van der Waals surface area contributed by atoms with Gasteiger partial charge in [-0.1, -0.05) is 28.8 Å². The molecule has 5 heteroatoms. The number of anilines is 1. The van der Waals surface area contributed by atoms with E-state index in [1.807, 2.05) is 0 Å². The fourth-order valence-corrected chi connectivity index (χ4v) is 5.31. The van der Waals surface area contributed by atoms with Gasteiger partial charge in [0.2, 0.25) is 0 Å². The maximum Gasteiger partial charge on any atom is 0.195 e. The topological polar surface area (TPSA) is 20.5 Å². The Morgan fingerprint density at radius 1 is 1.25 bits per heavy atom. The highest BCUT2D eigenvalue weighted by Gasteiger charge is 2.35. The average Bonchev–Trinajstić information content (AvgIpc) is 3.06. The first-order valence-electron chi connectivity index (χ1n) is 7.65. The Kier molecular flexibility index (Phi) is 3.50. The first-order chi connectivity index (χ1) is 9.88. The van der Waals surface area contributed by atoms with Gasteiger partial charge in [0.05, 0.1) is 5.69 Å². The zero-order valence-electron chi connectivity index (χ0n) is 11.6. The zero-order valence-corrected chi connectivity index (χ0v) is 14.0. The summed E-state index contributed by atoms with van der Waals surface area (Å²) in [6.07, 6.45) is 10.5. The maximum atomic E-state index is 4.94. The third kappa shape index (κ3) is 2.01. The van der Waals surface area contributed by atoms with Crippen molar-refractivity contribution in [1.29, 1.82) is 0 Å². The van der Waals surface area contributed by atoms with E-state index >= 15 is 0 Å². The quantitative estimate of drug-likeness (QED) is 0.743. The average molecular weight is 354 g/mol. The lowest BCUT2D eigenvalue weighted by Gasteiger charge is -2.44. The summed E-state index contributed by atoms with van der Waals surface area (Å²) in [5, 5.41) is 3.01. The van der Waals surface area contributed by atoms with Crippen molar-refractivity contribution in [1.82, 2.24) is 9.38 Å². The van der Waals surface area contributed by atoms with Crippen LogP contribution in [0.4, 0.5) is 5.82 Å². The van der Waals surface area contributed by atoms with E-state index in [1.165, 1.54) is 56.6 Å². The third-order valence-electron chi connectivity index (χ3n) is 4.98. The number of alkyl halides is 1. The summed E-state index contributed by atoms with van der Waals surface area (Å²) >= 11 is 5.40. The number of piperidine rings is 1. The van der Waals surface area contributed by atoms with Crippen LogP contribution in [0.5, 0.6) is 0 Å². The van der Waals surface area contributed by atoms with Crippen LogP contribution in [0.15, 0.2) is 11.6 Å². The van der Waals surface area contributed by atoms with E-state index < -0.39 is 0 Å². The van der Waals surface area contributed by atoms with Gasteiger partial charge >= 0.3 is 0 Å². The molecule has 0 spiro atoms. The minimum atomic E-state index is 0.736. The van der Waals surface area contributed by atoms with Crippen molar-refractivity contribution in [3.8, 4) is 0 Å². The zero-order chi connectivity index (χ0) is 13.5. The first kappa shape index (κ1) is 13.1. The second-order valence-corrected chi connectivity index (χ2v) is 7.45. The normalized spacial score (nSPS) is 26.9. The van der Waals surface area contributed by atoms with Crippen molar-refractivity contribution in [2.24, 2.45) is 5.92 Å². The molecule has 20 heavy (non-hydrogen) atoms. The van der Waals surface area contributed by atoms with E-state index in [1.54, 1.807) is 11.3 Å². The molecule has 108 valence electrons. The van der Waals surface area contributed by atoms with Crippen LogP contribution in [0.1, 0.15) is 44.2 Å². The molecule has 1 saturated heterocycles. The van der Waals surface area contributed by atoms with E-state index in [0.717, 1.165) is 22.3 Å². The number of hydrogen-bond acceptors (Lipinski definition) is 3. The summed E-state index contributed by atoms with van der Waals surface area (Å²) in [6.45, 7) is 1.19. The fourth-order valence-electron chi connectivity index (χ4n) is 4.06. The Hall–Kier alpha value is -0.550. The highest BCUT2D eigenvalue weighted by Crippen LogP contribution is 2.39. The Morgan fingerprint density at radius 2 is 2.10 bits per heavy atom. The molecule has 1 aliphatic carbocycles. The molecule has 4 rings (SSSR count). The summed E-state index contributed by atoms with van der Waals surface area (Å²) in [4.78, 5) is 8.70. The van der Waals surface area contributed by atoms with Crippen LogP contribution in [0.3, 0.4) is 0 Å². The number of nitrogens with zero attached hydrogens (tertiary/aromatic N) is 3. The van der Waals surface area contributed by atoms with Crippen molar-refractivity contribution in [3.05, 3.63) is 17.3 Å². The molecule has 0 amide bonds. The number of thiazole rings is 1. The Balaban J connectivity index is 1.74. The number of fused-ring (bicyclic) bond motifs is 2. The molecule has 3 heterocycles. The summed E-state index contributed by atoms with van der Waals surface area (Å²) in [5.41, 5.74) is 1.33. The van der Waals surface area contributed by atoms with E-state index in [-0.39, 0.29) is 0 Å². The number of aromatic nitrogens is 2. The standard InChI is InChI=1S/C15H20BrN3S/c16-10-13-14(17-15-19(13)8-9-20-15)18-7-3-5-11-4-1-2-6-12(11)18/h8-9,11-12H,1-7,10H2/t11-,12-/m1/s1. The minimum Gasteiger partial charge on any atom is -0.352 e. The largest absolute Gasteiger partial charge is 0.352 e. The second-order valence-electron chi connectivity index (χ2n) is 6.02. The molecule has 0 radical (unpaired) electrons. The molecule has 2 atom stereocenters. The van der Waals surface area contributed by atoms with E-state index in [9.17, 15) is 0 Å². The van der Waals surface area contributed by atoms with Crippen molar-refractivity contribution in [2.45, 2.75) is 49.9 Å². The van der Waals surface area contributed by atoms with Crippen molar-refractivity contribution < 1.29 is 0 Å². The summed E-state index contributed by atoms with van der Waals surface area (Å²) in [5.74, 6) is 2.14. The number of halogens is 1. The number of hydrogen-bond donors (Lipinski definition) is 0. The SMILES string of the molecule is BrCc1c(N2CCC[C@H]3CCCC[C@H]32)nc2sccn12. The second kappa shape index (κ2) is 5.34. The molecule has 1 saturated carbocycles. The molecule has 0 bridgehead atoms. The molecular formula is C15H20BrN3S. The predicted octanol–water partition coefficient (Wildman–Crippen LogP) is 4.45. The van der Waals surface area contributed by atoms with Gasteiger partial charge in [0.15, 0.2) is 10.8 Å². The fraction of sp³-hybridized carbons (Fsp3) is 0.667. The predicted molar refractivity (Wildman–Crippen MR) is 88.0 cm³/mol. The lowest BCUT2D eigenvalue weighted by Crippen LogP contribution is -2.47.